The summed E-state index contributed by atoms with van der Waals surface area (Å²) < 4.78 is 30.4. The minimum atomic E-state index is -3.04. The Morgan fingerprint density at radius 2 is 1.94 bits per heavy atom. The molecule has 1 heterocycles. The molecule has 1 saturated heterocycles. The van der Waals surface area contributed by atoms with Gasteiger partial charge >= 0.3 is 0 Å². The van der Waals surface area contributed by atoms with Gasteiger partial charge in [0.1, 0.15) is 0 Å². The Hall–Kier alpha value is -0.170. The molecule has 0 amide bonds. The van der Waals surface area contributed by atoms with Crippen molar-refractivity contribution in [3.63, 3.8) is 0 Å². The largest absolute Gasteiger partial charge is 0.379 e. The second-order valence-corrected chi connectivity index (χ2v) is 5.98. The van der Waals surface area contributed by atoms with Crippen molar-refractivity contribution < 1.29 is 13.2 Å². The first-order valence-corrected chi connectivity index (χ1v) is 7.54. The van der Waals surface area contributed by atoms with Crippen LogP contribution in [0.3, 0.4) is 0 Å². The van der Waals surface area contributed by atoms with Gasteiger partial charge in [0, 0.05) is 13.1 Å². The van der Waals surface area contributed by atoms with Gasteiger partial charge in [0.2, 0.25) is 10.0 Å². The molecule has 0 aromatic rings. The Kier molecular flexibility index (Phi) is 6.26. The summed E-state index contributed by atoms with van der Waals surface area (Å²) in [4.78, 5) is 0. The van der Waals surface area contributed by atoms with Crippen LogP contribution in [0.15, 0.2) is 0 Å². The van der Waals surface area contributed by atoms with Gasteiger partial charge in [-0.3, -0.25) is 0 Å². The van der Waals surface area contributed by atoms with Crippen molar-refractivity contribution in [3.8, 4) is 0 Å². The zero-order valence-corrected chi connectivity index (χ0v) is 10.8. The van der Waals surface area contributed by atoms with E-state index in [-0.39, 0.29) is 5.75 Å². The molecule has 6 heteroatoms. The average molecular weight is 250 g/mol. The zero-order chi connectivity index (χ0) is 11.9. The van der Waals surface area contributed by atoms with Crippen LogP contribution in [0.1, 0.15) is 19.8 Å². The van der Waals surface area contributed by atoms with Gasteiger partial charge in [-0.1, -0.05) is 6.92 Å². The summed E-state index contributed by atoms with van der Waals surface area (Å²) in [7, 11) is -3.04. The van der Waals surface area contributed by atoms with Crippen LogP contribution >= 0.6 is 0 Å². The maximum Gasteiger partial charge on any atom is 0.214 e. The molecule has 0 spiro atoms. The van der Waals surface area contributed by atoms with Gasteiger partial charge in [0.15, 0.2) is 0 Å². The first-order valence-electron chi connectivity index (χ1n) is 5.93. The number of unbranched alkanes of at least 4 members (excludes halogenated alkanes) is 1. The van der Waals surface area contributed by atoms with Gasteiger partial charge in [-0.25, -0.2) is 8.42 Å². The molecule has 0 aromatic heterocycles. The van der Waals surface area contributed by atoms with Crippen molar-refractivity contribution in [3.05, 3.63) is 0 Å². The summed E-state index contributed by atoms with van der Waals surface area (Å²) in [6.45, 7) is 5.95. The van der Waals surface area contributed by atoms with Gasteiger partial charge in [0.25, 0.3) is 0 Å². The molecule has 0 saturated carbocycles. The summed E-state index contributed by atoms with van der Waals surface area (Å²) in [6, 6.07) is 0. The highest BCUT2D eigenvalue weighted by Crippen LogP contribution is 2.07. The molecular formula is C10H22N2O3S. The molecule has 1 rings (SSSR count). The zero-order valence-electron chi connectivity index (χ0n) is 9.94. The molecule has 0 atom stereocenters. The molecule has 16 heavy (non-hydrogen) atoms. The highest BCUT2D eigenvalue weighted by Gasteiger charge is 2.23. The molecule has 0 aliphatic carbocycles. The van der Waals surface area contributed by atoms with Gasteiger partial charge in [-0.2, -0.15) is 4.31 Å². The molecule has 0 aromatic carbocycles. The van der Waals surface area contributed by atoms with Crippen molar-refractivity contribution in [2.24, 2.45) is 0 Å². The van der Waals surface area contributed by atoms with Gasteiger partial charge in [-0.05, 0) is 25.9 Å². The number of morpholine rings is 1. The molecular weight excluding hydrogens is 228 g/mol. The lowest BCUT2D eigenvalue weighted by Gasteiger charge is -2.25. The van der Waals surface area contributed by atoms with Gasteiger partial charge in [0.05, 0.1) is 19.0 Å². The molecule has 1 aliphatic heterocycles. The third-order valence-corrected chi connectivity index (χ3v) is 4.58. The maximum atomic E-state index is 11.9. The second kappa shape index (κ2) is 7.21. The lowest BCUT2D eigenvalue weighted by atomic mass is 10.3. The molecule has 1 fully saturated rings. The first kappa shape index (κ1) is 13.9. The Balaban J connectivity index is 2.22. The van der Waals surface area contributed by atoms with E-state index in [4.69, 9.17) is 4.74 Å². The summed E-state index contributed by atoms with van der Waals surface area (Å²) in [5.74, 6) is 0.262. The van der Waals surface area contributed by atoms with E-state index in [9.17, 15) is 8.42 Å². The minimum Gasteiger partial charge on any atom is -0.379 e. The van der Waals surface area contributed by atoms with Crippen LogP contribution in [0.5, 0.6) is 0 Å². The Morgan fingerprint density at radius 3 is 2.56 bits per heavy atom. The van der Waals surface area contributed by atoms with E-state index >= 15 is 0 Å². The van der Waals surface area contributed by atoms with E-state index in [1.54, 1.807) is 4.31 Å². The molecule has 0 radical (unpaired) electrons. The summed E-state index contributed by atoms with van der Waals surface area (Å²) in [5.41, 5.74) is 0. The van der Waals surface area contributed by atoms with E-state index in [2.05, 4.69) is 5.32 Å². The number of nitrogens with zero attached hydrogens (tertiary/aromatic N) is 1. The van der Waals surface area contributed by atoms with Crippen molar-refractivity contribution in [1.29, 1.82) is 0 Å². The Bertz CT molecular complexity index is 274. The van der Waals surface area contributed by atoms with Crippen LogP contribution in [-0.4, -0.2) is 57.9 Å². The first-order chi connectivity index (χ1) is 7.67. The van der Waals surface area contributed by atoms with Crippen molar-refractivity contribution in [2.45, 2.75) is 19.8 Å². The molecule has 0 unspecified atom stereocenters. The predicted octanol–water partition coefficient (Wildman–Crippen LogP) is 0.0381. The number of nitrogens with one attached hydrogen (secondary N) is 1. The molecule has 5 nitrogen and oxygen atoms in total. The third kappa shape index (κ3) is 4.78. The average Bonchev–Trinajstić information content (AvgIpc) is 2.30. The summed E-state index contributed by atoms with van der Waals surface area (Å²) in [6.07, 6.45) is 1.64. The van der Waals surface area contributed by atoms with Crippen LogP contribution < -0.4 is 5.32 Å². The van der Waals surface area contributed by atoms with Crippen LogP contribution in [0.25, 0.3) is 0 Å². The number of rotatable bonds is 7. The molecule has 1 aliphatic rings. The van der Waals surface area contributed by atoms with Crippen molar-refractivity contribution >= 4 is 10.0 Å². The van der Waals surface area contributed by atoms with Crippen LogP contribution in [0.2, 0.25) is 0 Å². The van der Waals surface area contributed by atoms with Crippen LogP contribution in [0.4, 0.5) is 0 Å². The van der Waals surface area contributed by atoms with Crippen LogP contribution in [0, 0.1) is 0 Å². The standard InChI is InChI=1S/C10H22N2O3S/c1-2-11-5-3-4-10-16(13,14)12-6-8-15-9-7-12/h11H,2-10H2,1H3. The Labute approximate surface area is 98.2 Å². The van der Waals surface area contributed by atoms with E-state index in [1.807, 2.05) is 6.92 Å². The topological polar surface area (TPSA) is 58.6 Å². The fraction of sp³-hybridized carbons (Fsp3) is 1.00. The fourth-order valence-corrected chi connectivity index (χ4v) is 3.20. The quantitative estimate of drug-likeness (QED) is 0.648. The fourth-order valence-electron chi connectivity index (χ4n) is 1.67. The van der Waals surface area contributed by atoms with Crippen LogP contribution in [-0.2, 0) is 14.8 Å². The summed E-state index contributed by atoms with van der Waals surface area (Å²) in [5, 5.41) is 3.19. The van der Waals surface area contributed by atoms with E-state index in [1.165, 1.54) is 0 Å². The smallest absolute Gasteiger partial charge is 0.214 e. The van der Waals surface area contributed by atoms with Crippen molar-refractivity contribution in [1.82, 2.24) is 9.62 Å². The van der Waals surface area contributed by atoms with Gasteiger partial charge in [-0.15, -0.1) is 0 Å². The third-order valence-electron chi connectivity index (χ3n) is 2.62. The predicted molar refractivity (Wildman–Crippen MR) is 64.0 cm³/mol. The normalized spacial score (nSPS) is 18.8. The number of hydrogen-bond donors (Lipinski definition) is 1. The molecule has 0 bridgehead atoms. The second-order valence-electron chi connectivity index (χ2n) is 3.89. The maximum absolute atomic E-state index is 11.9. The molecule has 96 valence electrons. The highest BCUT2D eigenvalue weighted by atomic mass is 32.2. The SMILES string of the molecule is CCNCCCCS(=O)(=O)N1CCOCC1. The lowest BCUT2D eigenvalue weighted by molar-refractivity contribution is 0.0730. The molecule has 1 N–H and O–H groups in total. The summed E-state index contributed by atoms with van der Waals surface area (Å²) >= 11 is 0. The number of sulfonamides is 1. The lowest BCUT2D eigenvalue weighted by Crippen LogP contribution is -2.41. The van der Waals surface area contributed by atoms with Crippen molar-refractivity contribution in [2.75, 3.05) is 45.1 Å². The minimum absolute atomic E-state index is 0.262. The number of ether oxygens (including phenoxy) is 1. The Morgan fingerprint density at radius 1 is 1.25 bits per heavy atom. The monoisotopic (exact) mass is 250 g/mol. The van der Waals surface area contributed by atoms with Gasteiger partial charge < -0.3 is 10.1 Å². The van der Waals surface area contributed by atoms with E-state index in [0.29, 0.717) is 26.3 Å². The highest BCUT2D eigenvalue weighted by molar-refractivity contribution is 7.89. The van der Waals surface area contributed by atoms with E-state index < -0.39 is 10.0 Å². The number of hydrogen-bond acceptors (Lipinski definition) is 4. The van der Waals surface area contributed by atoms with E-state index in [0.717, 1.165) is 25.9 Å².